The van der Waals surface area contributed by atoms with E-state index >= 15 is 0 Å². The Kier molecular flexibility index (Phi) is 4.49. The first-order chi connectivity index (χ1) is 9.37. The summed E-state index contributed by atoms with van der Waals surface area (Å²) in [5.41, 5.74) is 6.60. The van der Waals surface area contributed by atoms with Crippen LogP contribution in [0.5, 0.6) is 0 Å². The molecule has 6 heteroatoms. The number of benzene rings is 1. The second kappa shape index (κ2) is 5.81. The van der Waals surface area contributed by atoms with Gasteiger partial charge in [-0.2, -0.15) is 4.31 Å². The molecule has 3 unspecified atom stereocenters. The van der Waals surface area contributed by atoms with Gasteiger partial charge in [-0.05, 0) is 37.0 Å². The van der Waals surface area contributed by atoms with Crippen LogP contribution < -0.4 is 5.73 Å². The third-order valence-corrected chi connectivity index (χ3v) is 5.93. The van der Waals surface area contributed by atoms with Crippen molar-refractivity contribution in [3.05, 3.63) is 29.8 Å². The fourth-order valence-electron chi connectivity index (χ4n) is 2.64. The molecule has 0 radical (unpaired) electrons. The molecule has 1 saturated heterocycles. The molecule has 112 valence electrons. The zero-order valence-corrected chi connectivity index (χ0v) is 12.7. The van der Waals surface area contributed by atoms with Gasteiger partial charge in [0.05, 0.1) is 17.5 Å². The van der Waals surface area contributed by atoms with Gasteiger partial charge in [0.25, 0.3) is 0 Å². The van der Waals surface area contributed by atoms with Gasteiger partial charge >= 0.3 is 0 Å². The highest BCUT2D eigenvalue weighted by Crippen LogP contribution is 2.30. The second-order valence-corrected chi connectivity index (χ2v) is 7.38. The molecular formula is C14H22N2O3S. The molecule has 20 heavy (non-hydrogen) atoms. The monoisotopic (exact) mass is 298 g/mol. The maximum Gasteiger partial charge on any atom is 0.243 e. The molecule has 1 aromatic rings. The smallest absolute Gasteiger partial charge is 0.243 e. The van der Waals surface area contributed by atoms with Crippen molar-refractivity contribution in [2.75, 3.05) is 13.2 Å². The summed E-state index contributed by atoms with van der Waals surface area (Å²) < 4.78 is 26.8. The highest BCUT2D eigenvalue weighted by atomic mass is 32.2. The number of aliphatic hydroxyl groups is 1. The molecule has 1 aromatic carbocycles. The topological polar surface area (TPSA) is 83.6 Å². The fraction of sp³-hybridized carbons (Fsp3) is 0.571. The van der Waals surface area contributed by atoms with Gasteiger partial charge < -0.3 is 10.8 Å². The van der Waals surface area contributed by atoms with Gasteiger partial charge in [0.15, 0.2) is 0 Å². The Hall–Kier alpha value is -0.950. The van der Waals surface area contributed by atoms with Gasteiger partial charge in [0.1, 0.15) is 0 Å². The first-order valence-corrected chi connectivity index (χ1v) is 8.30. The van der Waals surface area contributed by atoms with Crippen LogP contribution in [0, 0.1) is 5.92 Å². The Bertz CT molecular complexity index is 572. The minimum absolute atomic E-state index is 0.145. The second-order valence-electron chi connectivity index (χ2n) is 5.49. The third-order valence-electron chi connectivity index (χ3n) is 4.01. The summed E-state index contributed by atoms with van der Waals surface area (Å²) in [7, 11) is -3.57. The van der Waals surface area contributed by atoms with E-state index in [-0.39, 0.29) is 29.5 Å². The molecule has 0 bridgehead atoms. The minimum atomic E-state index is -3.57. The van der Waals surface area contributed by atoms with Gasteiger partial charge in [-0.3, -0.25) is 0 Å². The average molecular weight is 298 g/mol. The standard InChI is InChI=1S/C14H22N2O3S/c1-10-6-7-16(14(10)9-17)20(18,19)13-5-3-4-12(8-13)11(2)15/h3-5,8,10-11,14,17H,6-7,9,15H2,1-2H3. The molecule has 0 amide bonds. The number of hydrogen-bond acceptors (Lipinski definition) is 4. The highest BCUT2D eigenvalue weighted by Gasteiger charge is 2.39. The molecule has 3 N–H and O–H groups in total. The lowest BCUT2D eigenvalue weighted by atomic mass is 10.0. The number of nitrogens with two attached hydrogens (primary N) is 1. The van der Waals surface area contributed by atoms with Crippen molar-refractivity contribution < 1.29 is 13.5 Å². The van der Waals surface area contributed by atoms with Crippen molar-refractivity contribution in [2.45, 2.75) is 37.2 Å². The van der Waals surface area contributed by atoms with Crippen LogP contribution in [-0.4, -0.2) is 37.0 Å². The van der Waals surface area contributed by atoms with Crippen molar-refractivity contribution in [3.63, 3.8) is 0 Å². The van der Waals surface area contributed by atoms with Crippen molar-refractivity contribution in [1.29, 1.82) is 0 Å². The third kappa shape index (κ3) is 2.74. The van der Waals surface area contributed by atoms with E-state index in [2.05, 4.69) is 0 Å². The molecule has 0 aliphatic carbocycles. The van der Waals surface area contributed by atoms with Crippen molar-refractivity contribution >= 4 is 10.0 Å². The van der Waals surface area contributed by atoms with Crippen LogP contribution in [0.1, 0.15) is 31.9 Å². The minimum Gasteiger partial charge on any atom is -0.395 e. The van der Waals surface area contributed by atoms with Crippen molar-refractivity contribution in [1.82, 2.24) is 4.31 Å². The number of aliphatic hydroxyl groups excluding tert-OH is 1. The average Bonchev–Trinajstić information content (AvgIpc) is 2.80. The summed E-state index contributed by atoms with van der Waals surface area (Å²) in [6.07, 6.45) is 0.775. The summed E-state index contributed by atoms with van der Waals surface area (Å²) in [6.45, 7) is 4.10. The maximum atomic E-state index is 12.7. The fourth-order valence-corrected chi connectivity index (χ4v) is 4.42. The Morgan fingerprint density at radius 3 is 2.80 bits per heavy atom. The Morgan fingerprint density at radius 2 is 2.20 bits per heavy atom. The van der Waals surface area contributed by atoms with Crippen molar-refractivity contribution in [2.24, 2.45) is 11.7 Å². The zero-order chi connectivity index (χ0) is 14.9. The largest absolute Gasteiger partial charge is 0.395 e. The lowest BCUT2D eigenvalue weighted by Gasteiger charge is -2.24. The molecule has 5 nitrogen and oxygen atoms in total. The van der Waals surface area contributed by atoms with E-state index in [0.717, 1.165) is 12.0 Å². The molecule has 0 spiro atoms. The molecule has 1 aliphatic heterocycles. The van der Waals surface area contributed by atoms with Gasteiger partial charge in [0.2, 0.25) is 10.0 Å². The van der Waals surface area contributed by atoms with E-state index in [1.165, 1.54) is 4.31 Å². The molecule has 1 heterocycles. The van der Waals surface area contributed by atoms with Crippen LogP contribution >= 0.6 is 0 Å². The molecule has 0 saturated carbocycles. The predicted molar refractivity (Wildman–Crippen MR) is 77.6 cm³/mol. The van der Waals surface area contributed by atoms with Crippen molar-refractivity contribution in [3.8, 4) is 0 Å². The van der Waals surface area contributed by atoms with E-state index in [1.54, 1.807) is 18.2 Å². The van der Waals surface area contributed by atoms with E-state index in [9.17, 15) is 13.5 Å². The lowest BCUT2D eigenvalue weighted by Crippen LogP contribution is -2.39. The number of hydrogen-bond donors (Lipinski definition) is 2. The highest BCUT2D eigenvalue weighted by molar-refractivity contribution is 7.89. The summed E-state index contributed by atoms with van der Waals surface area (Å²) in [5, 5.41) is 9.43. The van der Waals surface area contributed by atoms with E-state index in [4.69, 9.17) is 5.73 Å². The first kappa shape index (κ1) is 15.4. The Morgan fingerprint density at radius 1 is 1.50 bits per heavy atom. The molecule has 3 atom stereocenters. The van der Waals surface area contributed by atoms with Crippen LogP contribution in [0.4, 0.5) is 0 Å². The van der Waals surface area contributed by atoms with Gasteiger partial charge in [-0.15, -0.1) is 0 Å². The summed E-state index contributed by atoms with van der Waals surface area (Å²) in [5.74, 6) is 0.173. The molecule has 1 fully saturated rings. The summed E-state index contributed by atoms with van der Waals surface area (Å²) >= 11 is 0. The number of sulfonamides is 1. The molecule has 0 aromatic heterocycles. The Balaban J connectivity index is 2.38. The van der Waals surface area contributed by atoms with Crippen LogP contribution in [0.2, 0.25) is 0 Å². The van der Waals surface area contributed by atoms with E-state index in [0.29, 0.717) is 6.54 Å². The first-order valence-electron chi connectivity index (χ1n) is 6.86. The van der Waals surface area contributed by atoms with Crippen LogP contribution in [0.25, 0.3) is 0 Å². The van der Waals surface area contributed by atoms with E-state index < -0.39 is 10.0 Å². The Labute approximate surface area is 120 Å². The molecule has 2 rings (SSSR count). The maximum absolute atomic E-state index is 12.7. The number of rotatable bonds is 4. The molecular weight excluding hydrogens is 276 g/mol. The van der Waals surface area contributed by atoms with Crippen LogP contribution in [0.3, 0.4) is 0 Å². The van der Waals surface area contributed by atoms with Crippen LogP contribution in [-0.2, 0) is 10.0 Å². The zero-order valence-electron chi connectivity index (χ0n) is 11.9. The normalized spacial score (nSPS) is 25.8. The molecule has 1 aliphatic rings. The summed E-state index contributed by atoms with van der Waals surface area (Å²) in [4.78, 5) is 0.250. The lowest BCUT2D eigenvalue weighted by molar-refractivity contribution is 0.191. The quantitative estimate of drug-likeness (QED) is 0.872. The van der Waals surface area contributed by atoms with Gasteiger partial charge in [-0.25, -0.2) is 8.42 Å². The SMILES string of the molecule is CC(N)c1cccc(S(=O)(=O)N2CCC(C)C2CO)c1. The van der Waals surface area contributed by atoms with Crippen LogP contribution in [0.15, 0.2) is 29.2 Å². The summed E-state index contributed by atoms with van der Waals surface area (Å²) in [6, 6.07) is 6.18. The van der Waals surface area contributed by atoms with E-state index in [1.807, 2.05) is 19.9 Å². The number of nitrogens with zero attached hydrogens (tertiary/aromatic N) is 1. The van der Waals surface area contributed by atoms with Gasteiger partial charge in [-0.1, -0.05) is 19.1 Å². The predicted octanol–water partition coefficient (Wildman–Crippen LogP) is 1.10. The van der Waals surface area contributed by atoms with Gasteiger partial charge in [0, 0.05) is 12.6 Å².